The molecule has 2 rings (SSSR count). The zero-order valence-corrected chi connectivity index (χ0v) is 12.9. The third kappa shape index (κ3) is 4.16. The van der Waals surface area contributed by atoms with Crippen LogP contribution in [0.5, 0.6) is 11.5 Å². The lowest BCUT2D eigenvalue weighted by molar-refractivity contribution is 0.439. The maximum Gasteiger partial charge on any atom is 0.259 e. The summed E-state index contributed by atoms with van der Waals surface area (Å²) in [6.45, 7) is 0. The molecule has 23 heavy (non-hydrogen) atoms. The van der Waals surface area contributed by atoms with Crippen molar-refractivity contribution in [3.8, 4) is 17.6 Å². The van der Waals surface area contributed by atoms with Gasteiger partial charge in [-0.1, -0.05) is 0 Å². The number of benzene rings is 2. The Bertz CT molecular complexity index is 811. The van der Waals surface area contributed by atoms with Crippen LogP contribution in [0, 0.1) is 23.0 Å². The number of nitrogens with zero attached hydrogens (tertiary/aromatic N) is 1. The highest BCUT2D eigenvalue weighted by Crippen LogP contribution is 2.34. The van der Waals surface area contributed by atoms with E-state index in [1.54, 1.807) is 0 Å². The molecule has 2 aromatic rings. The van der Waals surface area contributed by atoms with Crippen LogP contribution in [-0.2, 0) is 17.1 Å². The van der Waals surface area contributed by atoms with Crippen molar-refractivity contribution in [3.63, 3.8) is 0 Å². The molecule has 5 nitrogen and oxygen atoms in total. The first-order chi connectivity index (χ1) is 10.9. The average molecular weight is 359 g/mol. The maximum atomic E-state index is 13.7. The van der Waals surface area contributed by atoms with Crippen molar-refractivity contribution in [2.45, 2.75) is 5.88 Å². The van der Waals surface area contributed by atoms with Crippen LogP contribution in [0.4, 0.5) is 14.5 Å². The van der Waals surface area contributed by atoms with E-state index in [0.717, 1.165) is 12.1 Å². The Balaban J connectivity index is 2.50. The maximum absolute atomic E-state index is 13.7. The van der Waals surface area contributed by atoms with Crippen LogP contribution in [0.2, 0.25) is 0 Å². The standard InChI is InChI=1S/C14H9ClF2N2O3S/c15-6-8-3-12(19-23(20)21)14(4-9(8)7-18)22-13-2-1-10(16)5-11(13)17/h1-5,19H,6H2,(H,20,21). The number of hydrogen-bond donors (Lipinski definition) is 2. The summed E-state index contributed by atoms with van der Waals surface area (Å²) < 4.78 is 54.0. The number of alkyl halides is 1. The highest BCUT2D eigenvalue weighted by molar-refractivity contribution is 7.80. The summed E-state index contributed by atoms with van der Waals surface area (Å²) in [6, 6.07) is 7.17. The van der Waals surface area contributed by atoms with Crippen LogP contribution in [0.25, 0.3) is 0 Å². The van der Waals surface area contributed by atoms with E-state index < -0.39 is 22.9 Å². The molecule has 0 heterocycles. The van der Waals surface area contributed by atoms with Crippen molar-refractivity contribution in [2.75, 3.05) is 4.72 Å². The number of rotatable bonds is 5. The molecule has 0 aliphatic rings. The van der Waals surface area contributed by atoms with E-state index in [0.29, 0.717) is 11.6 Å². The van der Waals surface area contributed by atoms with E-state index in [2.05, 4.69) is 4.72 Å². The van der Waals surface area contributed by atoms with Gasteiger partial charge in [0, 0.05) is 18.0 Å². The van der Waals surface area contributed by atoms with Crippen LogP contribution in [0.3, 0.4) is 0 Å². The summed E-state index contributed by atoms with van der Waals surface area (Å²) >= 11 is 3.29. The molecule has 9 heteroatoms. The number of hydrogen-bond acceptors (Lipinski definition) is 3. The van der Waals surface area contributed by atoms with Gasteiger partial charge in [0.05, 0.1) is 17.3 Å². The van der Waals surface area contributed by atoms with Gasteiger partial charge >= 0.3 is 0 Å². The Morgan fingerprint density at radius 1 is 1.30 bits per heavy atom. The topological polar surface area (TPSA) is 82.3 Å². The number of ether oxygens (including phenoxy) is 1. The predicted octanol–water partition coefficient (Wildman–Crippen LogP) is 3.92. The predicted molar refractivity (Wildman–Crippen MR) is 81.5 cm³/mol. The summed E-state index contributed by atoms with van der Waals surface area (Å²) in [5.41, 5.74) is 0.588. The zero-order valence-electron chi connectivity index (χ0n) is 11.3. The van der Waals surface area contributed by atoms with Gasteiger partial charge in [-0.15, -0.1) is 11.6 Å². The molecule has 0 aromatic heterocycles. The smallest absolute Gasteiger partial charge is 0.259 e. The van der Waals surface area contributed by atoms with Gasteiger partial charge in [-0.2, -0.15) is 5.26 Å². The highest BCUT2D eigenvalue weighted by Gasteiger charge is 2.15. The van der Waals surface area contributed by atoms with Crippen LogP contribution in [0.1, 0.15) is 11.1 Å². The van der Waals surface area contributed by atoms with Crippen molar-refractivity contribution in [1.29, 1.82) is 5.26 Å². The van der Waals surface area contributed by atoms with Crippen LogP contribution in [-0.4, -0.2) is 8.76 Å². The van der Waals surface area contributed by atoms with Crippen molar-refractivity contribution < 1.29 is 22.3 Å². The molecule has 120 valence electrons. The molecule has 2 N–H and O–H groups in total. The molecule has 1 unspecified atom stereocenters. The first-order valence-electron chi connectivity index (χ1n) is 6.08. The molecule has 0 aliphatic heterocycles. The molecule has 0 bridgehead atoms. The molecule has 0 amide bonds. The van der Waals surface area contributed by atoms with E-state index in [1.165, 1.54) is 12.1 Å². The van der Waals surface area contributed by atoms with E-state index in [9.17, 15) is 13.0 Å². The normalized spacial score (nSPS) is 11.6. The fraction of sp³-hybridized carbons (Fsp3) is 0.0714. The van der Waals surface area contributed by atoms with Gasteiger partial charge in [-0.3, -0.25) is 9.27 Å². The quantitative estimate of drug-likeness (QED) is 0.627. The molecular weight excluding hydrogens is 350 g/mol. The van der Waals surface area contributed by atoms with Crippen LogP contribution < -0.4 is 9.46 Å². The van der Waals surface area contributed by atoms with Crippen molar-refractivity contribution in [3.05, 3.63) is 53.1 Å². The van der Waals surface area contributed by atoms with E-state index in [-0.39, 0.29) is 28.6 Å². The number of nitrogens with one attached hydrogen (secondary N) is 1. The third-order valence-electron chi connectivity index (χ3n) is 2.78. The molecule has 1 atom stereocenters. The molecule has 0 spiro atoms. The second-order valence-corrected chi connectivity index (χ2v) is 5.25. The summed E-state index contributed by atoms with van der Waals surface area (Å²) in [5, 5.41) is 9.09. The molecule has 2 aromatic carbocycles. The minimum absolute atomic E-state index is 0.0131. The van der Waals surface area contributed by atoms with E-state index >= 15 is 0 Å². The molecular formula is C14H9ClF2N2O3S. The Morgan fingerprint density at radius 2 is 2.04 bits per heavy atom. The van der Waals surface area contributed by atoms with Gasteiger partial charge in [0.25, 0.3) is 11.3 Å². The summed E-state index contributed by atoms with van der Waals surface area (Å²) in [5.74, 6) is -2.13. The summed E-state index contributed by atoms with van der Waals surface area (Å²) in [6.07, 6.45) is 0. The molecule has 0 saturated carbocycles. The molecule has 0 saturated heterocycles. The lowest BCUT2D eigenvalue weighted by Gasteiger charge is -2.14. The van der Waals surface area contributed by atoms with Crippen molar-refractivity contribution in [1.82, 2.24) is 0 Å². The lowest BCUT2D eigenvalue weighted by Crippen LogP contribution is -2.05. The zero-order chi connectivity index (χ0) is 17.0. The summed E-state index contributed by atoms with van der Waals surface area (Å²) in [7, 11) is 0. The Labute approximate surface area is 137 Å². The Kier molecular flexibility index (Phi) is 5.50. The molecule has 0 fully saturated rings. The largest absolute Gasteiger partial charge is 0.452 e. The number of nitriles is 1. The first kappa shape index (κ1) is 17.1. The molecule has 0 radical (unpaired) electrons. The monoisotopic (exact) mass is 358 g/mol. The second-order valence-electron chi connectivity index (χ2n) is 4.28. The number of anilines is 1. The van der Waals surface area contributed by atoms with Gasteiger partial charge in [-0.05, 0) is 23.8 Å². The third-order valence-corrected chi connectivity index (χ3v) is 3.46. The minimum atomic E-state index is -2.42. The van der Waals surface area contributed by atoms with Crippen molar-refractivity contribution >= 4 is 28.6 Å². The van der Waals surface area contributed by atoms with Crippen LogP contribution in [0.15, 0.2) is 30.3 Å². The average Bonchev–Trinajstić information content (AvgIpc) is 2.50. The summed E-state index contributed by atoms with van der Waals surface area (Å²) in [4.78, 5) is 0. The van der Waals surface area contributed by atoms with Gasteiger partial charge in [0.1, 0.15) is 5.82 Å². The fourth-order valence-electron chi connectivity index (χ4n) is 1.77. The van der Waals surface area contributed by atoms with Gasteiger partial charge in [0.2, 0.25) is 0 Å². The number of halogens is 3. The fourth-order valence-corrected chi connectivity index (χ4v) is 2.34. The van der Waals surface area contributed by atoms with Gasteiger partial charge in [-0.25, -0.2) is 13.0 Å². The molecule has 0 aliphatic carbocycles. The van der Waals surface area contributed by atoms with E-state index in [4.69, 9.17) is 26.2 Å². The Hall–Kier alpha value is -2.21. The SMILES string of the molecule is N#Cc1cc(Oc2ccc(F)cc2F)c(NS(=O)O)cc1CCl. The van der Waals surface area contributed by atoms with Crippen molar-refractivity contribution in [2.24, 2.45) is 0 Å². The van der Waals surface area contributed by atoms with E-state index in [1.807, 2.05) is 6.07 Å². The highest BCUT2D eigenvalue weighted by atomic mass is 35.5. The Morgan fingerprint density at radius 3 is 2.61 bits per heavy atom. The minimum Gasteiger partial charge on any atom is -0.452 e. The van der Waals surface area contributed by atoms with Crippen LogP contribution >= 0.6 is 11.6 Å². The first-order valence-corrected chi connectivity index (χ1v) is 7.72. The van der Waals surface area contributed by atoms with Gasteiger partial charge < -0.3 is 4.74 Å². The second kappa shape index (κ2) is 7.37. The lowest BCUT2D eigenvalue weighted by atomic mass is 10.1. The van der Waals surface area contributed by atoms with Gasteiger partial charge in [0.15, 0.2) is 17.3 Å².